The van der Waals surface area contributed by atoms with Gasteiger partial charge in [0.15, 0.2) is 0 Å². The van der Waals surface area contributed by atoms with E-state index in [1.807, 2.05) is 0 Å². The molecular formula is C15H24FNO. The average Bonchev–Trinajstić information content (AvgIpc) is 2.39. The summed E-state index contributed by atoms with van der Waals surface area (Å²) < 4.78 is 18.8. The molecule has 0 aliphatic heterocycles. The van der Waals surface area contributed by atoms with Crippen molar-refractivity contribution in [2.24, 2.45) is 5.92 Å². The Morgan fingerprint density at radius 1 is 1.22 bits per heavy atom. The zero-order valence-electron chi connectivity index (χ0n) is 11.8. The Morgan fingerprint density at radius 3 is 2.39 bits per heavy atom. The molecule has 0 saturated heterocycles. The minimum atomic E-state index is -0.209. The predicted molar refractivity (Wildman–Crippen MR) is 73.4 cm³/mol. The Labute approximate surface area is 110 Å². The molecule has 102 valence electrons. The van der Waals surface area contributed by atoms with E-state index in [0.29, 0.717) is 5.92 Å². The van der Waals surface area contributed by atoms with Gasteiger partial charge in [0.05, 0.1) is 7.11 Å². The molecule has 0 aliphatic carbocycles. The van der Waals surface area contributed by atoms with Crippen molar-refractivity contribution in [1.82, 2.24) is 5.32 Å². The van der Waals surface area contributed by atoms with E-state index in [1.54, 1.807) is 19.2 Å². The van der Waals surface area contributed by atoms with Crippen LogP contribution in [0.15, 0.2) is 18.2 Å². The van der Waals surface area contributed by atoms with Gasteiger partial charge in [-0.1, -0.05) is 33.6 Å². The lowest BCUT2D eigenvalue weighted by Crippen LogP contribution is -2.28. The summed E-state index contributed by atoms with van der Waals surface area (Å²) in [6.07, 6.45) is 2.13. The summed E-state index contributed by atoms with van der Waals surface area (Å²) in [5.74, 6) is 1.04. The maximum Gasteiger partial charge on any atom is 0.123 e. The lowest BCUT2D eigenvalue weighted by molar-refractivity contribution is 0.328. The average molecular weight is 253 g/mol. The monoisotopic (exact) mass is 253 g/mol. The van der Waals surface area contributed by atoms with Gasteiger partial charge in [-0.2, -0.15) is 0 Å². The second-order valence-electron chi connectivity index (χ2n) is 4.50. The number of halogens is 1. The second-order valence-corrected chi connectivity index (χ2v) is 4.50. The van der Waals surface area contributed by atoms with Crippen LogP contribution in [0.5, 0.6) is 5.75 Å². The summed E-state index contributed by atoms with van der Waals surface area (Å²) in [6, 6.07) is 4.88. The highest BCUT2D eigenvalue weighted by Crippen LogP contribution is 2.33. The number of benzene rings is 1. The van der Waals surface area contributed by atoms with Crippen LogP contribution in [-0.4, -0.2) is 13.7 Å². The van der Waals surface area contributed by atoms with Crippen LogP contribution in [0.25, 0.3) is 0 Å². The van der Waals surface area contributed by atoms with E-state index in [0.717, 1.165) is 30.7 Å². The van der Waals surface area contributed by atoms with E-state index in [4.69, 9.17) is 4.74 Å². The highest BCUT2D eigenvalue weighted by Gasteiger charge is 2.23. The first-order valence-corrected chi connectivity index (χ1v) is 6.74. The van der Waals surface area contributed by atoms with Crippen molar-refractivity contribution in [3.8, 4) is 5.75 Å². The summed E-state index contributed by atoms with van der Waals surface area (Å²) in [7, 11) is 1.63. The van der Waals surface area contributed by atoms with Crippen LogP contribution in [0.2, 0.25) is 0 Å². The Bertz CT molecular complexity index is 364. The fourth-order valence-electron chi connectivity index (χ4n) is 2.46. The van der Waals surface area contributed by atoms with Gasteiger partial charge in [-0.3, -0.25) is 0 Å². The third kappa shape index (κ3) is 3.45. The fourth-order valence-corrected chi connectivity index (χ4v) is 2.46. The van der Waals surface area contributed by atoms with E-state index in [1.165, 1.54) is 6.07 Å². The van der Waals surface area contributed by atoms with Crippen molar-refractivity contribution in [1.29, 1.82) is 0 Å². The molecule has 1 unspecified atom stereocenters. The van der Waals surface area contributed by atoms with Gasteiger partial charge in [-0.15, -0.1) is 0 Å². The molecule has 0 spiro atoms. The van der Waals surface area contributed by atoms with Gasteiger partial charge in [0.1, 0.15) is 11.6 Å². The number of methoxy groups -OCH3 is 1. The first-order valence-electron chi connectivity index (χ1n) is 6.74. The highest BCUT2D eigenvalue weighted by atomic mass is 19.1. The predicted octanol–water partition coefficient (Wildman–Crippen LogP) is 3.92. The maximum absolute atomic E-state index is 13.5. The van der Waals surface area contributed by atoms with E-state index in [-0.39, 0.29) is 11.9 Å². The van der Waals surface area contributed by atoms with Crippen molar-refractivity contribution in [2.75, 3.05) is 13.7 Å². The summed E-state index contributed by atoms with van der Waals surface area (Å²) in [5, 5.41) is 3.46. The van der Waals surface area contributed by atoms with Crippen molar-refractivity contribution in [3.05, 3.63) is 29.6 Å². The summed E-state index contributed by atoms with van der Waals surface area (Å²) in [5.41, 5.74) is 0.924. The molecule has 0 bridgehead atoms. The normalized spacial score (nSPS) is 12.8. The third-order valence-corrected chi connectivity index (χ3v) is 3.47. The van der Waals surface area contributed by atoms with E-state index in [2.05, 4.69) is 26.1 Å². The van der Waals surface area contributed by atoms with Crippen LogP contribution in [-0.2, 0) is 0 Å². The standard InChI is InChI=1S/C15H24FNO/c1-5-11(6-2)15(17-7-3)13-10-12(16)8-9-14(13)18-4/h8-11,15,17H,5-7H2,1-4H3. The Hall–Kier alpha value is -1.09. The van der Waals surface area contributed by atoms with E-state index < -0.39 is 0 Å². The van der Waals surface area contributed by atoms with Crippen LogP contribution in [0.1, 0.15) is 45.2 Å². The fraction of sp³-hybridized carbons (Fsp3) is 0.600. The summed E-state index contributed by atoms with van der Waals surface area (Å²) in [4.78, 5) is 0. The summed E-state index contributed by atoms with van der Waals surface area (Å²) in [6.45, 7) is 7.27. The van der Waals surface area contributed by atoms with Crippen LogP contribution in [0.3, 0.4) is 0 Å². The van der Waals surface area contributed by atoms with Crippen LogP contribution >= 0.6 is 0 Å². The van der Waals surface area contributed by atoms with Crippen molar-refractivity contribution in [2.45, 2.75) is 39.7 Å². The van der Waals surface area contributed by atoms with Gasteiger partial charge in [0.2, 0.25) is 0 Å². The molecular weight excluding hydrogens is 229 g/mol. The van der Waals surface area contributed by atoms with Gasteiger partial charge in [-0.05, 0) is 30.7 Å². The number of hydrogen-bond acceptors (Lipinski definition) is 2. The lowest BCUT2D eigenvalue weighted by Gasteiger charge is -2.28. The Morgan fingerprint density at radius 2 is 1.89 bits per heavy atom. The molecule has 18 heavy (non-hydrogen) atoms. The van der Waals surface area contributed by atoms with E-state index >= 15 is 0 Å². The molecule has 0 heterocycles. The molecule has 1 N–H and O–H groups in total. The second kappa shape index (κ2) is 7.37. The van der Waals surface area contributed by atoms with Gasteiger partial charge in [0, 0.05) is 11.6 Å². The van der Waals surface area contributed by atoms with Crippen LogP contribution in [0, 0.1) is 11.7 Å². The molecule has 0 aromatic heterocycles. The van der Waals surface area contributed by atoms with Crippen molar-refractivity contribution in [3.63, 3.8) is 0 Å². The zero-order valence-corrected chi connectivity index (χ0v) is 11.8. The molecule has 1 aromatic carbocycles. The molecule has 0 saturated carbocycles. The molecule has 1 atom stereocenters. The van der Waals surface area contributed by atoms with Gasteiger partial charge < -0.3 is 10.1 Å². The van der Waals surface area contributed by atoms with Gasteiger partial charge in [-0.25, -0.2) is 4.39 Å². The smallest absolute Gasteiger partial charge is 0.123 e. The topological polar surface area (TPSA) is 21.3 Å². The number of ether oxygens (including phenoxy) is 1. The molecule has 0 aliphatic rings. The third-order valence-electron chi connectivity index (χ3n) is 3.47. The molecule has 1 aromatic rings. The molecule has 1 rings (SSSR count). The van der Waals surface area contributed by atoms with Gasteiger partial charge >= 0.3 is 0 Å². The lowest BCUT2D eigenvalue weighted by atomic mass is 9.88. The van der Waals surface area contributed by atoms with E-state index in [9.17, 15) is 4.39 Å². The van der Waals surface area contributed by atoms with Crippen molar-refractivity contribution < 1.29 is 9.13 Å². The number of hydrogen-bond donors (Lipinski definition) is 1. The Balaban J connectivity index is 3.14. The zero-order chi connectivity index (χ0) is 13.5. The first-order chi connectivity index (χ1) is 8.67. The highest BCUT2D eigenvalue weighted by molar-refractivity contribution is 5.37. The molecule has 0 amide bonds. The molecule has 2 nitrogen and oxygen atoms in total. The Kier molecular flexibility index (Phi) is 6.13. The first kappa shape index (κ1) is 15.0. The SMILES string of the molecule is CCNC(c1cc(F)ccc1OC)C(CC)CC. The largest absolute Gasteiger partial charge is 0.496 e. The molecule has 0 radical (unpaired) electrons. The van der Waals surface area contributed by atoms with Crippen LogP contribution in [0.4, 0.5) is 4.39 Å². The maximum atomic E-state index is 13.5. The molecule has 0 fully saturated rings. The summed E-state index contributed by atoms with van der Waals surface area (Å²) >= 11 is 0. The minimum Gasteiger partial charge on any atom is -0.496 e. The minimum absolute atomic E-state index is 0.149. The quantitative estimate of drug-likeness (QED) is 0.795. The van der Waals surface area contributed by atoms with Crippen molar-refractivity contribution >= 4 is 0 Å². The van der Waals surface area contributed by atoms with Gasteiger partial charge in [0.25, 0.3) is 0 Å². The number of rotatable bonds is 7. The molecule has 3 heteroatoms. The number of nitrogens with one attached hydrogen (secondary N) is 1. The van der Waals surface area contributed by atoms with Crippen LogP contribution < -0.4 is 10.1 Å².